The van der Waals surface area contributed by atoms with Crippen molar-refractivity contribution in [3.05, 3.63) is 48.3 Å². The Bertz CT molecular complexity index is 1220. The molecule has 0 fully saturated rings. The second-order valence-electron chi connectivity index (χ2n) is 9.50. The normalized spacial score (nSPS) is 12.1. The molecule has 0 radical (unpaired) electrons. The molecule has 0 unspecified atom stereocenters. The average Bonchev–Trinajstić information content (AvgIpc) is 3.31. The van der Waals surface area contributed by atoms with E-state index >= 15 is 0 Å². The van der Waals surface area contributed by atoms with Crippen molar-refractivity contribution < 1.29 is 23.5 Å². The number of halogens is 1. The minimum atomic E-state index is -0.809. The predicted octanol–water partition coefficient (Wildman–Crippen LogP) is 3.61. The first-order chi connectivity index (χ1) is 17.6. The van der Waals surface area contributed by atoms with Gasteiger partial charge in [-0.15, -0.1) is 10.2 Å². The smallest absolute Gasteiger partial charge is 0.251 e. The summed E-state index contributed by atoms with van der Waals surface area (Å²) in [5.74, 6) is 0.161. The lowest BCUT2D eigenvalue weighted by atomic mass is 10.0. The number of aromatic nitrogens is 4. The predicted molar refractivity (Wildman–Crippen MR) is 137 cm³/mol. The van der Waals surface area contributed by atoms with E-state index in [1.165, 1.54) is 43.4 Å². The molecule has 11 heteroatoms. The molecule has 1 heterocycles. The fourth-order valence-corrected chi connectivity index (χ4v) is 3.80. The summed E-state index contributed by atoms with van der Waals surface area (Å²) in [6, 6.07) is 9.83. The van der Waals surface area contributed by atoms with Gasteiger partial charge >= 0.3 is 0 Å². The van der Waals surface area contributed by atoms with E-state index in [9.17, 15) is 14.0 Å². The Morgan fingerprint density at radius 3 is 2.35 bits per heavy atom. The molecule has 0 bridgehead atoms. The highest BCUT2D eigenvalue weighted by Crippen LogP contribution is 2.30. The van der Waals surface area contributed by atoms with E-state index in [4.69, 9.17) is 9.47 Å². The Labute approximate surface area is 215 Å². The van der Waals surface area contributed by atoms with Crippen LogP contribution in [0.15, 0.2) is 42.5 Å². The molecule has 198 valence electrons. The number of carbonyl (C=O) groups is 2. The number of anilines is 1. The molecule has 0 saturated heterocycles. The van der Waals surface area contributed by atoms with Crippen LogP contribution >= 0.6 is 0 Å². The van der Waals surface area contributed by atoms with Gasteiger partial charge < -0.3 is 14.8 Å². The largest absolute Gasteiger partial charge is 0.493 e. The third kappa shape index (κ3) is 7.02. The van der Waals surface area contributed by atoms with Crippen molar-refractivity contribution in [1.82, 2.24) is 25.5 Å². The summed E-state index contributed by atoms with van der Waals surface area (Å²) in [5, 5.41) is 15.4. The van der Waals surface area contributed by atoms with Crippen molar-refractivity contribution in [2.45, 2.75) is 58.7 Å². The number of ether oxygens (including phenoxy) is 2. The summed E-state index contributed by atoms with van der Waals surface area (Å²) >= 11 is 0. The van der Waals surface area contributed by atoms with Crippen LogP contribution in [0.5, 0.6) is 11.5 Å². The van der Waals surface area contributed by atoms with E-state index in [0.29, 0.717) is 35.6 Å². The van der Waals surface area contributed by atoms with Crippen molar-refractivity contribution in [2.75, 3.05) is 19.1 Å². The molecule has 0 aliphatic carbocycles. The standard InChI is InChI=1S/C26H33FN6O4/c1-7-8-20(25(35)28-26(2,3)4)33(19-12-10-18(27)11-13-19)23(34)16-32-30-24(29-31-32)17-9-14-21(36-5)22(15-17)37-6/h9-15,20H,7-8,16H2,1-6H3,(H,28,35)/t20-/m1/s1. The van der Waals surface area contributed by atoms with Gasteiger partial charge in [0, 0.05) is 16.8 Å². The summed E-state index contributed by atoms with van der Waals surface area (Å²) in [5.41, 5.74) is 0.525. The molecule has 1 N–H and O–H groups in total. The van der Waals surface area contributed by atoms with Crippen LogP contribution in [0.2, 0.25) is 0 Å². The van der Waals surface area contributed by atoms with Gasteiger partial charge in [0.25, 0.3) is 5.91 Å². The zero-order valence-corrected chi connectivity index (χ0v) is 22.0. The number of amides is 2. The molecule has 3 rings (SSSR count). The highest BCUT2D eigenvalue weighted by molar-refractivity contribution is 6.00. The molecule has 3 aromatic rings. The topological polar surface area (TPSA) is 111 Å². The van der Waals surface area contributed by atoms with Crippen molar-refractivity contribution in [3.63, 3.8) is 0 Å². The molecule has 10 nitrogen and oxygen atoms in total. The summed E-state index contributed by atoms with van der Waals surface area (Å²) in [6.07, 6.45) is 1.06. The number of hydrogen-bond donors (Lipinski definition) is 1. The quantitative estimate of drug-likeness (QED) is 0.442. The molecule has 0 saturated carbocycles. The second-order valence-corrected chi connectivity index (χ2v) is 9.50. The highest BCUT2D eigenvalue weighted by atomic mass is 19.1. The second kappa shape index (κ2) is 11.8. The highest BCUT2D eigenvalue weighted by Gasteiger charge is 2.33. The molecule has 0 spiro atoms. The zero-order valence-electron chi connectivity index (χ0n) is 22.0. The number of benzene rings is 2. The number of nitrogens with zero attached hydrogens (tertiary/aromatic N) is 5. The molecule has 0 aliphatic heterocycles. The lowest BCUT2D eigenvalue weighted by Gasteiger charge is -2.33. The molecule has 1 aromatic heterocycles. The minimum Gasteiger partial charge on any atom is -0.493 e. The SMILES string of the molecule is CCC[C@H](C(=O)NC(C)(C)C)N(C(=O)Cn1nnc(-c2ccc(OC)c(OC)c2)n1)c1ccc(F)cc1. The van der Waals surface area contributed by atoms with Crippen LogP contribution < -0.4 is 19.7 Å². The Balaban J connectivity index is 1.92. The molecular formula is C26H33FN6O4. The van der Waals surface area contributed by atoms with E-state index in [0.717, 1.165) is 4.80 Å². The van der Waals surface area contributed by atoms with E-state index < -0.39 is 23.3 Å². The van der Waals surface area contributed by atoms with Gasteiger partial charge in [0.15, 0.2) is 11.5 Å². The summed E-state index contributed by atoms with van der Waals surface area (Å²) in [4.78, 5) is 29.4. The number of carbonyl (C=O) groups excluding carboxylic acids is 2. The molecular weight excluding hydrogens is 479 g/mol. The lowest BCUT2D eigenvalue weighted by Crippen LogP contribution is -2.54. The zero-order chi connectivity index (χ0) is 27.2. The van der Waals surface area contributed by atoms with Gasteiger partial charge in [-0.05, 0) is 74.9 Å². The Hall–Kier alpha value is -4.02. The Morgan fingerprint density at radius 1 is 1.08 bits per heavy atom. The Morgan fingerprint density at radius 2 is 1.76 bits per heavy atom. The Kier molecular flexibility index (Phi) is 8.80. The van der Waals surface area contributed by atoms with E-state index in [1.54, 1.807) is 18.2 Å². The van der Waals surface area contributed by atoms with E-state index in [1.807, 2.05) is 27.7 Å². The van der Waals surface area contributed by atoms with Crippen LogP contribution in [0.25, 0.3) is 11.4 Å². The first-order valence-corrected chi connectivity index (χ1v) is 12.0. The number of tetrazole rings is 1. The fraction of sp³-hybridized carbons (Fsp3) is 0.423. The molecule has 0 aliphatic rings. The fourth-order valence-electron chi connectivity index (χ4n) is 3.80. The van der Waals surface area contributed by atoms with E-state index in [-0.39, 0.29) is 18.3 Å². The first kappa shape index (κ1) is 27.6. The van der Waals surface area contributed by atoms with Gasteiger partial charge in [-0.2, -0.15) is 4.80 Å². The maximum absolute atomic E-state index is 13.7. The van der Waals surface area contributed by atoms with Crippen LogP contribution in [0.3, 0.4) is 0 Å². The molecule has 1 atom stereocenters. The molecule has 2 amide bonds. The van der Waals surface area contributed by atoms with Crippen LogP contribution in [0.4, 0.5) is 10.1 Å². The first-order valence-electron chi connectivity index (χ1n) is 12.0. The maximum atomic E-state index is 13.7. The summed E-state index contributed by atoms with van der Waals surface area (Å²) in [6.45, 7) is 7.26. The van der Waals surface area contributed by atoms with Crippen LogP contribution in [-0.4, -0.2) is 57.8 Å². The van der Waals surface area contributed by atoms with Crippen molar-refractivity contribution in [2.24, 2.45) is 0 Å². The van der Waals surface area contributed by atoms with Crippen LogP contribution in [0, 0.1) is 5.82 Å². The average molecular weight is 513 g/mol. The monoisotopic (exact) mass is 512 g/mol. The third-order valence-corrected chi connectivity index (χ3v) is 5.42. The summed E-state index contributed by atoms with van der Waals surface area (Å²) < 4.78 is 24.3. The van der Waals surface area contributed by atoms with Crippen molar-refractivity contribution in [3.8, 4) is 22.9 Å². The van der Waals surface area contributed by atoms with Crippen LogP contribution in [0.1, 0.15) is 40.5 Å². The lowest BCUT2D eigenvalue weighted by molar-refractivity contribution is -0.128. The maximum Gasteiger partial charge on any atom is 0.251 e. The third-order valence-electron chi connectivity index (χ3n) is 5.42. The molecule has 2 aromatic carbocycles. The van der Waals surface area contributed by atoms with Crippen molar-refractivity contribution in [1.29, 1.82) is 0 Å². The van der Waals surface area contributed by atoms with E-state index in [2.05, 4.69) is 20.7 Å². The van der Waals surface area contributed by atoms with Gasteiger partial charge in [-0.1, -0.05) is 13.3 Å². The minimum absolute atomic E-state index is 0.277. The van der Waals surface area contributed by atoms with Gasteiger partial charge in [0.05, 0.1) is 14.2 Å². The van der Waals surface area contributed by atoms with Crippen LogP contribution in [-0.2, 0) is 16.1 Å². The summed E-state index contributed by atoms with van der Waals surface area (Å²) in [7, 11) is 3.06. The number of rotatable bonds is 10. The van der Waals surface area contributed by atoms with Gasteiger partial charge in [0.1, 0.15) is 18.4 Å². The van der Waals surface area contributed by atoms with Crippen molar-refractivity contribution >= 4 is 17.5 Å². The number of methoxy groups -OCH3 is 2. The van der Waals surface area contributed by atoms with Gasteiger partial charge in [-0.3, -0.25) is 14.5 Å². The number of nitrogens with one attached hydrogen (secondary N) is 1. The van der Waals surface area contributed by atoms with Gasteiger partial charge in [-0.25, -0.2) is 4.39 Å². The number of hydrogen-bond acceptors (Lipinski definition) is 7. The molecule has 37 heavy (non-hydrogen) atoms. The van der Waals surface area contributed by atoms with Gasteiger partial charge in [0.2, 0.25) is 11.7 Å².